The van der Waals surface area contributed by atoms with Crippen molar-refractivity contribution in [1.82, 2.24) is 15.5 Å². The summed E-state index contributed by atoms with van der Waals surface area (Å²) < 4.78 is 35.4. The number of alkyl halides is 2. The molecule has 0 spiro atoms. The maximum atomic E-state index is 15.0. The van der Waals surface area contributed by atoms with Gasteiger partial charge in [-0.3, -0.25) is 24.5 Å². The summed E-state index contributed by atoms with van der Waals surface area (Å²) in [6.45, 7) is 4.93. The van der Waals surface area contributed by atoms with Gasteiger partial charge in [0.1, 0.15) is 13.6 Å². The number of nitrogens with one attached hydrogen (secondary N) is 2. The molecule has 37 heavy (non-hydrogen) atoms. The minimum atomic E-state index is -3.78. The molecule has 2 N–H and O–H groups in total. The number of rotatable bonds is 7. The van der Waals surface area contributed by atoms with Crippen LogP contribution in [0, 0.1) is 6.92 Å². The SMILES string of the molecule is [B][C@@]1(N2Cc3cc(CNC(=O)C(F)(F)c4ccc(OC(C)C)cc4C)ccc3C2=O)CCC(=O)NC1=O. The number of hydrogen-bond donors (Lipinski definition) is 2. The van der Waals surface area contributed by atoms with Crippen LogP contribution in [0.2, 0.25) is 0 Å². The van der Waals surface area contributed by atoms with Gasteiger partial charge in [0.15, 0.2) is 0 Å². The molecular formula is C26H26BF2N3O5. The molecule has 2 aromatic carbocycles. The Hall–Kier alpha value is -3.76. The topological polar surface area (TPSA) is 105 Å². The minimum absolute atomic E-state index is 0.000804. The van der Waals surface area contributed by atoms with Crippen molar-refractivity contribution < 1.29 is 32.7 Å². The van der Waals surface area contributed by atoms with Crippen molar-refractivity contribution in [2.45, 2.75) is 64.2 Å². The number of ether oxygens (including phenoxy) is 1. The van der Waals surface area contributed by atoms with E-state index >= 15 is 0 Å². The number of imide groups is 1. The Morgan fingerprint density at radius 1 is 1.22 bits per heavy atom. The van der Waals surface area contributed by atoms with Crippen molar-refractivity contribution >= 4 is 31.5 Å². The molecular weight excluding hydrogens is 483 g/mol. The minimum Gasteiger partial charge on any atom is -0.491 e. The van der Waals surface area contributed by atoms with Crippen LogP contribution in [-0.2, 0) is 33.4 Å². The lowest BCUT2D eigenvalue weighted by atomic mass is 9.70. The molecule has 2 aromatic rings. The van der Waals surface area contributed by atoms with Gasteiger partial charge in [-0.05, 0) is 68.1 Å². The monoisotopic (exact) mass is 509 g/mol. The molecule has 8 nitrogen and oxygen atoms in total. The lowest BCUT2D eigenvalue weighted by molar-refractivity contribution is -0.147. The van der Waals surface area contributed by atoms with E-state index in [1.165, 1.54) is 42.2 Å². The molecule has 1 fully saturated rings. The van der Waals surface area contributed by atoms with E-state index in [4.69, 9.17) is 12.6 Å². The van der Waals surface area contributed by atoms with Crippen molar-refractivity contribution in [2.24, 2.45) is 0 Å². The van der Waals surface area contributed by atoms with E-state index in [1.54, 1.807) is 6.07 Å². The predicted octanol–water partition coefficient (Wildman–Crippen LogP) is 2.45. The number of benzene rings is 2. The molecule has 0 aromatic heterocycles. The lowest BCUT2D eigenvalue weighted by Gasteiger charge is -2.40. The molecule has 0 unspecified atom stereocenters. The molecule has 4 rings (SSSR count). The Kier molecular flexibility index (Phi) is 6.83. The Balaban J connectivity index is 1.45. The Bertz CT molecular complexity index is 1300. The average Bonchev–Trinajstić information content (AvgIpc) is 3.16. The summed E-state index contributed by atoms with van der Waals surface area (Å²) >= 11 is 0. The summed E-state index contributed by atoms with van der Waals surface area (Å²) in [4.78, 5) is 50.4. The molecule has 1 saturated heterocycles. The Labute approximate surface area is 214 Å². The second-order valence-electron chi connectivity index (χ2n) is 9.58. The van der Waals surface area contributed by atoms with Crippen molar-refractivity contribution in [1.29, 1.82) is 0 Å². The van der Waals surface area contributed by atoms with Gasteiger partial charge < -0.3 is 15.0 Å². The second-order valence-corrected chi connectivity index (χ2v) is 9.58. The zero-order valence-corrected chi connectivity index (χ0v) is 20.7. The smallest absolute Gasteiger partial charge is 0.350 e. The molecule has 192 valence electrons. The maximum absolute atomic E-state index is 15.0. The summed E-state index contributed by atoms with van der Waals surface area (Å²) in [5, 5.41) is 4.42. The Morgan fingerprint density at radius 3 is 2.59 bits per heavy atom. The number of carbonyl (C=O) groups is 4. The van der Waals surface area contributed by atoms with Crippen molar-refractivity contribution in [2.75, 3.05) is 0 Å². The molecule has 0 bridgehead atoms. The molecule has 2 radical (unpaired) electrons. The summed E-state index contributed by atoms with van der Waals surface area (Å²) in [7, 11) is 6.22. The van der Waals surface area contributed by atoms with Crippen LogP contribution in [0.25, 0.3) is 0 Å². The zero-order chi connectivity index (χ0) is 27.1. The number of hydrogen-bond acceptors (Lipinski definition) is 5. The first kappa shape index (κ1) is 26.3. The van der Waals surface area contributed by atoms with Gasteiger partial charge in [-0.2, -0.15) is 8.78 Å². The number of halogens is 2. The summed E-state index contributed by atoms with van der Waals surface area (Å²) in [6, 6.07) is 8.69. The van der Waals surface area contributed by atoms with E-state index < -0.39 is 40.6 Å². The van der Waals surface area contributed by atoms with Gasteiger partial charge in [-0.15, -0.1) is 0 Å². The van der Waals surface area contributed by atoms with E-state index in [1.807, 2.05) is 13.8 Å². The average molecular weight is 509 g/mol. The highest BCUT2D eigenvalue weighted by molar-refractivity contribution is 6.32. The second kappa shape index (κ2) is 9.61. The fourth-order valence-electron chi connectivity index (χ4n) is 4.53. The maximum Gasteiger partial charge on any atom is 0.350 e. The van der Waals surface area contributed by atoms with Gasteiger partial charge in [0.25, 0.3) is 11.8 Å². The highest BCUT2D eigenvalue weighted by atomic mass is 19.3. The first-order valence-electron chi connectivity index (χ1n) is 11.8. The van der Waals surface area contributed by atoms with Crippen LogP contribution in [0.4, 0.5) is 8.78 Å². The highest BCUT2D eigenvalue weighted by Gasteiger charge is 2.48. The van der Waals surface area contributed by atoms with E-state index in [-0.39, 0.29) is 37.6 Å². The molecule has 2 aliphatic heterocycles. The van der Waals surface area contributed by atoms with Gasteiger partial charge in [-0.25, -0.2) is 0 Å². The lowest BCUT2D eigenvalue weighted by Crippen LogP contribution is -2.63. The standard InChI is InChI=1S/C26H26BF2N3O5/c1-14(2)37-18-5-7-20(15(3)10-18)26(28,29)24(36)30-12-16-4-6-19-17(11-16)13-32(22(19)34)25(27)9-8-21(33)31-23(25)35/h4-7,10-11,14H,8-9,12-13H2,1-3H3,(H,30,36)(H,31,33,35)/t25-/m1/s1. The van der Waals surface area contributed by atoms with Crippen LogP contribution in [0.1, 0.15) is 59.3 Å². The number of nitrogens with zero attached hydrogens (tertiary/aromatic N) is 1. The van der Waals surface area contributed by atoms with Gasteiger partial charge in [-0.1, -0.05) is 12.1 Å². The third kappa shape index (κ3) is 4.94. The normalized spacial score (nSPS) is 19.6. The molecule has 0 saturated carbocycles. The highest BCUT2D eigenvalue weighted by Crippen LogP contribution is 2.34. The van der Waals surface area contributed by atoms with Crippen molar-refractivity contribution in [3.8, 4) is 5.75 Å². The first-order chi connectivity index (χ1) is 17.3. The fourth-order valence-corrected chi connectivity index (χ4v) is 4.53. The third-order valence-electron chi connectivity index (χ3n) is 6.48. The molecule has 2 heterocycles. The molecule has 2 aliphatic rings. The zero-order valence-electron chi connectivity index (χ0n) is 20.7. The van der Waals surface area contributed by atoms with E-state index in [0.29, 0.717) is 22.4 Å². The van der Waals surface area contributed by atoms with Crippen LogP contribution < -0.4 is 15.4 Å². The summed E-state index contributed by atoms with van der Waals surface area (Å²) in [6.07, 6.45) is -0.136. The summed E-state index contributed by atoms with van der Waals surface area (Å²) in [5.41, 5.74) is -0.533. The third-order valence-corrected chi connectivity index (χ3v) is 6.48. The van der Waals surface area contributed by atoms with Crippen molar-refractivity contribution in [3.63, 3.8) is 0 Å². The number of aryl methyl sites for hydroxylation is 1. The van der Waals surface area contributed by atoms with Gasteiger partial charge >= 0.3 is 5.92 Å². The number of fused-ring (bicyclic) bond motifs is 1. The van der Waals surface area contributed by atoms with E-state index in [9.17, 15) is 28.0 Å². The number of amides is 4. The van der Waals surface area contributed by atoms with Gasteiger partial charge in [0.05, 0.1) is 11.5 Å². The van der Waals surface area contributed by atoms with E-state index in [2.05, 4.69) is 10.6 Å². The van der Waals surface area contributed by atoms with Crippen LogP contribution in [0.3, 0.4) is 0 Å². The number of carbonyl (C=O) groups excluding carboxylic acids is 4. The Morgan fingerprint density at radius 2 is 1.95 bits per heavy atom. The van der Waals surface area contributed by atoms with Crippen LogP contribution in [0.15, 0.2) is 36.4 Å². The quantitative estimate of drug-likeness (QED) is 0.441. The molecule has 1 atom stereocenters. The summed E-state index contributed by atoms with van der Waals surface area (Å²) in [5.74, 6) is -6.48. The molecule has 4 amide bonds. The van der Waals surface area contributed by atoms with Crippen LogP contribution in [0.5, 0.6) is 5.75 Å². The van der Waals surface area contributed by atoms with Crippen molar-refractivity contribution in [3.05, 3.63) is 64.2 Å². The van der Waals surface area contributed by atoms with Crippen LogP contribution >= 0.6 is 0 Å². The molecule has 0 aliphatic carbocycles. The first-order valence-corrected chi connectivity index (χ1v) is 11.8. The fraction of sp³-hybridized carbons (Fsp3) is 0.385. The van der Waals surface area contributed by atoms with Gasteiger partial charge in [0.2, 0.25) is 11.8 Å². The van der Waals surface area contributed by atoms with Crippen LogP contribution in [-0.4, -0.2) is 47.9 Å². The molecule has 11 heteroatoms. The number of piperidine rings is 1. The van der Waals surface area contributed by atoms with Gasteiger partial charge in [0, 0.05) is 30.6 Å². The van der Waals surface area contributed by atoms with E-state index in [0.717, 1.165) is 0 Å². The predicted molar refractivity (Wildman–Crippen MR) is 130 cm³/mol. The largest absolute Gasteiger partial charge is 0.491 e.